The van der Waals surface area contributed by atoms with Gasteiger partial charge in [-0.05, 0) is 37.2 Å². The molecule has 1 unspecified atom stereocenters. The SMILES string of the molecule is CC(C)C(Cc1ccccc1)C(=O)N1CCCCC1. The van der Waals surface area contributed by atoms with Gasteiger partial charge in [-0.15, -0.1) is 0 Å². The standard InChI is InChI=1S/C17H25NO/c1-14(2)16(13-15-9-5-3-6-10-15)17(19)18-11-7-4-8-12-18/h3,5-6,9-10,14,16H,4,7-8,11-13H2,1-2H3. The van der Waals surface area contributed by atoms with Crippen molar-refractivity contribution in [1.29, 1.82) is 0 Å². The number of carbonyl (C=O) groups is 1. The van der Waals surface area contributed by atoms with E-state index in [0.29, 0.717) is 11.8 Å². The highest BCUT2D eigenvalue weighted by molar-refractivity contribution is 5.79. The van der Waals surface area contributed by atoms with Crippen molar-refractivity contribution in [3.8, 4) is 0 Å². The maximum atomic E-state index is 12.7. The minimum Gasteiger partial charge on any atom is -0.342 e. The third-order valence-corrected chi connectivity index (χ3v) is 4.09. The average Bonchev–Trinajstić information content (AvgIpc) is 2.46. The van der Waals surface area contributed by atoms with Crippen LogP contribution in [0.15, 0.2) is 30.3 Å². The highest BCUT2D eigenvalue weighted by Gasteiger charge is 2.27. The van der Waals surface area contributed by atoms with E-state index in [2.05, 4.69) is 43.0 Å². The Labute approximate surface area is 116 Å². The van der Waals surface area contributed by atoms with Crippen molar-refractivity contribution >= 4 is 5.91 Å². The summed E-state index contributed by atoms with van der Waals surface area (Å²) in [5.41, 5.74) is 1.27. The van der Waals surface area contributed by atoms with Crippen LogP contribution in [0.3, 0.4) is 0 Å². The lowest BCUT2D eigenvalue weighted by Gasteiger charge is -2.32. The molecule has 19 heavy (non-hydrogen) atoms. The highest BCUT2D eigenvalue weighted by atomic mass is 16.2. The van der Waals surface area contributed by atoms with E-state index < -0.39 is 0 Å². The summed E-state index contributed by atoms with van der Waals surface area (Å²) in [6.45, 7) is 6.23. The number of amides is 1. The number of benzene rings is 1. The summed E-state index contributed by atoms with van der Waals surface area (Å²) in [4.78, 5) is 14.8. The lowest BCUT2D eigenvalue weighted by molar-refractivity contribution is -0.137. The first-order valence-electron chi connectivity index (χ1n) is 7.51. The second kappa shape index (κ2) is 6.74. The minimum absolute atomic E-state index is 0.125. The van der Waals surface area contributed by atoms with E-state index in [4.69, 9.17) is 0 Å². The van der Waals surface area contributed by atoms with Crippen LogP contribution in [-0.4, -0.2) is 23.9 Å². The molecule has 1 amide bonds. The van der Waals surface area contributed by atoms with Gasteiger partial charge in [0.2, 0.25) is 5.91 Å². The van der Waals surface area contributed by atoms with E-state index >= 15 is 0 Å². The van der Waals surface area contributed by atoms with E-state index in [9.17, 15) is 4.79 Å². The van der Waals surface area contributed by atoms with E-state index in [0.717, 1.165) is 19.5 Å². The predicted molar refractivity (Wildman–Crippen MR) is 78.9 cm³/mol. The van der Waals surface area contributed by atoms with Gasteiger partial charge < -0.3 is 4.90 Å². The molecule has 0 bridgehead atoms. The second-order valence-electron chi connectivity index (χ2n) is 5.93. The zero-order valence-electron chi connectivity index (χ0n) is 12.1. The fraction of sp³-hybridized carbons (Fsp3) is 0.588. The van der Waals surface area contributed by atoms with Crippen molar-refractivity contribution in [1.82, 2.24) is 4.90 Å². The van der Waals surface area contributed by atoms with Gasteiger partial charge in [0.25, 0.3) is 0 Å². The van der Waals surface area contributed by atoms with Crippen LogP contribution in [0.25, 0.3) is 0 Å². The van der Waals surface area contributed by atoms with Gasteiger partial charge in [-0.1, -0.05) is 44.2 Å². The van der Waals surface area contributed by atoms with Crippen molar-refractivity contribution in [2.45, 2.75) is 39.5 Å². The molecule has 2 rings (SSSR count). The van der Waals surface area contributed by atoms with Crippen LogP contribution in [0.5, 0.6) is 0 Å². The lowest BCUT2D eigenvalue weighted by Crippen LogP contribution is -2.42. The second-order valence-corrected chi connectivity index (χ2v) is 5.93. The van der Waals surface area contributed by atoms with Gasteiger partial charge in [0.1, 0.15) is 0 Å². The van der Waals surface area contributed by atoms with Crippen LogP contribution < -0.4 is 0 Å². The van der Waals surface area contributed by atoms with Gasteiger partial charge in [-0.3, -0.25) is 4.79 Å². The third-order valence-electron chi connectivity index (χ3n) is 4.09. The molecule has 0 spiro atoms. The largest absolute Gasteiger partial charge is 0.342 e. The molecule has 1 atom stereocenters. The molecule has 1 aromatic carbocycles. The first kappa shape index (κ1) is 14.1. The first-order valence-corrected chi connectivity index (χ1v) is 7.51. The molecule has 0 aromatic heterocycles. The van der Waals surface area contributed by atoms with Gasteiger partial charge in [0.15, 0.2) is 0 Å². The topological polar surface area (TPSA) is 20.3 Å². The van der Waals surface area contributed by atoms with Gasteiger partial charge >= 0.3 is 0 Å². The summed E-state index contributed by atoms with van der Waals surface area (Å²) in [6.07, 6.45) is 4.48. The Kier molecular flexibility index (Phi) is 5.00. The van der Waals surface area contributed by atoms with Crippen LogP contribution in [-0.2, 0) is 11.2 Å². The number of nitrogens with zero attached hydrogens (tertiary/aromatic N) is 1. The molecule has 1 aliphatic heterocycles. The van der Waals surface area contributed by atoms with Gasteiger partial charge in [0.05, 0.1) is 0 Å². The van der Waals surface area contributed by atoms with Crippen molar-refractivity contribution in [3.63, 3.8) is 0 Å². The molecule has 1 aromatic rings. The molecule has 2 nitrogen and oxygen atoms in total. The van der Waals surface area contributed by atoms with Crippen LogP contribution >= 0.6 is 0 Å². The fourth-order valence-corrected chi connectivity index (χ4v) is 2.82. The molecule has 2 heteroatoms. The van der Waals surface area contributed by atoms with Gasteiger partial charge in [-0.2, -0.15) is 0 Å². The predicted octanol–water partition coefficient (Wildman–Crippen LogP) is 3.51. The maximum Gasteiger partial charge on any atom is 0.226 e. The average molecular weight is 259 g/mol. The molecule has 0 aliphatic carbocycles. The summed E-state index contributed by atoms with van der Waals surface area (Å²) < 4.78 is 0. The summed E-state index contributed by atoms with van der Waals surface area (Å²) in [6, 6.07) is 10.4. The zero-order chi connectivity index (χ0) is 13.7. The van der Waals surface area contributed by atoms with Gasteiger partial charge in [0, 0.05) is 19.0 Å². The Morgan fingerprint density at radius 3 is 2.32 bits per heavy atom. The Balaban J connectivity index is 2.04. The van der Waals surface area contributed by atoms with Crippen molar-refractivity contribution in [2.75, 3.05) is 13.1 Å². The smallest absolute Gasteiger partial charge is 0.226 e. The summed E-state index contributed by atoms with van der Waals surface area (Å²) in [7, 11) is 0. The summed E-state index contributed by atoms with van der Waals surface area (Å²) in [5, 5.41) is 0. The molecule has 1 heterocycles. The monoisotopic (exact) mass is 259 g/mol. The van der Waals surface area contributed by atoms with Gasteiger partial charge in [-0.25, -0.2) is 0 Å². The molecule has 0 radical (unpaired) electrons. The Morgan fingerprint density at radius 2 is 1.74 bits per heavy atom. The summed E-state index contributed by atoms with van der Waals surface area (Å²) >= 11 is 0. The number of likely N-dealkylation sites (tertiary alicyclic amines) is 1. The lowest BCUT2D eigenvalue weighted by atomic mass is 9.87. The number of piperidine rings is 1. The molecule has 1 saturated heterocycles. The van der Waals surface area contributed by atoms with Crippen LogP contribution in [0.4, 0.5) is 0 Å². The van der Waals surface area contributed by atoms with Crippen molar-refractivity contribution < 1.29 is 4.79 Å². The first-order chi connectivity index (χ1) is 9.18. The summed E-state index contributed by atoms with van der Waals surface area (Å²) in [5.74, 6) is 0.883. The molecule has 1 aliphatic rings. The molecule has 0 saturated carbocycles. The minimum atomic E-state index is 0.125. The highest BCUT2D eigenvalue weighted by Crippen LogP contribution is 2.22. The molecule has 1 fully saturated rings. The quantitative estimate of drug-likeness (QED) is 0.810. The fourth-order valence-electron chi connectivity index (χ4n) is 2.82. The number of hydrogen-bond acceptors (Lipinski definition) is 1. The van der Waals surface area contributed by atoms with Crippen molar-refractivity contribution in [2.24, 2.45) is 11.8 Å². The van der Waals surface area contributed by atoms with Crippen LogP contribution in [0.2, 0.25) is 0 Å². The molecular formula is C17H25NO. The van der Waals surface area contributed by atoms with Crippen molar-refractivity contribution in [3.05, 3.63) is 35.9 Å². The van der Waals surface area contributed by atoms with Crippen LogP contribution in [0, 0.1) is 11.8 Å². The number of rotatable bonds is 4. The number of hydrogen-bond donors (Lipinski definition) is 0. The maximum absolute atomic E-state index is 12.7. The van der Waals surface area contributed by atoms with E-state index in [-0.39, 0.29) is 5.92 Å². The number of carbonyl (C=O) groups excluding carboxylic acids is 1. The molecular weight excluding hydrogens is 234 g/mol. The Morgan fingerprint density at radius 1 is 1.11 bits per heavy atom. The molecule has 104 valence electrons. The van der Waals surface area contributed by atoms with E-state index in [1.807, 2.05) is 6.07 Å². The normalized spacial score (nSPS) is 17.5. The third kappa shape index (κ3) is 3.82. The van der Waals surface area contributed by atoms with E-state index in [1.165, 1.54) is 24.8 Å². The van der Waals surface area contributed by atoms with E-state index in [1.54, 1.807) is 0 Å². The Hall–Kier alpha value is -1.31. The molecule has 0 N–H and O–H groups in total. The van der Waals surface area contributed by atoms with Crippen LogP contribution in [0.1, 0.15) is 38.7 Å². The Bertz CT molecular complexity index is 393. The zero-order valence-corrected chi connectivity index (χ0v) is 12.1.